The topological polar surface area (TPSA) is 0 Å². The fourth-order valence-corrected chi connectivity index (χ4v) is 3.37. The first kappa shape index (κ1) is 14.9. The Hall–Kier alpha value is -0.455. The van der Waals surface area contributed by atoms with E-state index in [4.69, 9.17) is 7.85 Å². The fourth-order valence-electron chi connectivity index (χ4n) is 3.37. The van der Waals surface area contributed by atoms with Crippen LogP contribution in [0.1, 0.15) is 73.1 Å². The molecule has 0 saturated heterocycles. The summed E-state index contributed by atoms with van der Waals surface area (Å²) in [5.74, 6) is 0. The van der Waals surface area contributed by atoms with Gasteiger partial charge >= 0.3 is 0 Å². The molecule has 2 aliphatic carbocycles. The molecule has 0 amide bonds. The third-order valence-corrected chi connectivity index (χ3v) is 5.25. The normalized spacial score (nSPS) is 26.6. The Morgan fingerprint density at radius 3 is 1.95 bits per heavy atom. The zero-order valence-corrected chi connectivity index (χ0v) is 13.5. The van der Waals surface area contributed by atoms with Gasteiger partial charge in [-0.2, -0.15) is 0 Å². The van der Waals surface area contributed by atoms with Gasteiger partial charge < -0.3 is 0 Å². The minimum absolute atomic E-state index is 0.0184. The van der Waals surface area contributed by atoms with Gasteiger partial charge in [0.15, 0.2) is 0 Å². The van der Waals surface area contributed by atoms with Crippen LogP contribution in [0.5, 0.6) is 0 Å². The Kier molecular flexibility index (Phi) is 3.80. The van der Waals surface area contributed by atoms with E-state index in [0.29, 0.717) is 10.8 Å². The predicted molar refractivity (Wildman–Crippen MR) is 85.6 cm³/mol. The van der Waals surface area contributed by atoms with Crippen LogP contribution in [-0.4, -0.2) is 7.85 Å². The molecule has 2 radical (unpaired) electrons. The molecule has 19 heavy (non-hydrogen) atoms. The van der Waals surface area contributed by atoms with E-state index in [0.717, 1.165) is 12.8 Å². The standard InChI is InChI=1S/C18H29B/c1-16(2,3)14-6-8-15(9-7-14)18(19)12-10-17(4,5)11-13-18/h6,8H,7,9-13H2,1-5H3. The third-order valence-electron chi connectivity index (χ3n) is 5.25. The van der Waals surface area contributed by atoms with Crippen molar-refractivity contribution in [3.8, 4) is 0 Å². The SMILES string of the molecule is [B]C1(C2=CC=C(C(C)(C)C)CC2)CCC(C)(C)CC1. The highest BCUT2D eigenvalue weighted by atomic mass is 14.4. The van der Waals surface area contributed by atoms with E-state index in [-0.39, 0.29) is 5.31 Å². The molecule has 1 saturated carbocycles. The van der Waals surface area contributed by atoms with E-state index in [1.54, 1.807) is 5.57 Å². The van der Waals surface area contributed by atoms with Gasteiger partial charge in [-0.3, -0.25) is 0 Å². The number of rotatable bonds is 1. The zero-order valence-electron chi connectivity index (χ0n) is 13.5. The van der Waals surface area contributed by atoms with E-state index in [2.05, 4.69) is 46.8 Å². The van der Waals surface area contributed by atoms with Crippen LogP contribution in [-0.2, 0) is 0 Å². The predicted octanol–water partition coefficient (Wildman–Crippen LogP) is 5.61. The highest BCUT2D eigenvalue weighted by Crippen LogP contribution is 2.54. The first-order valence-corrected chi connectivity index (χ1v) is 7.82. The second kappa shape index (κ2) is 4.83. The molecule has 2 aliphatic rings. The molecule has 1 fully saturated rings. The van der Waals surface area contributed by atoms with Crippen LogP contribution in [0, 0.1) is 10.8 Å². The first-order valence-electron chi connectivity index (χ1n) is 7.82. The molecule has 0 heterocycles. The van der Waals surface area contributed by atoms with Crippen LogP contribution >= 0.6 is 0 Å². The van der Waals surface area contributed by atoms with Crippen LogP contribution in [0.15, 0.2) is 23.3 Å². The van der Waals surface area contributed by atoms with Gasteiger partial charge in [-0.1, -0.05) is 70.8 Å². The smallest absolute Gasteiger partial charge is 0.0724 e. The van der Waals surface area contributed by atoms with Crippen molar-refractivity contribution < 1.29 is 0 Å². The highest BCUT2D eigenvalue weighted by molar-refractivity contribution is 6.17. The number of hydrogen-bond donors (Lipinski definition) is 0. The van der Waals surface area contributed by atoms with Crippen molar-refractivity contribution in [1.82, 2.24) is 0 Å². The Morgan fingerprint density at radius 1 is 0.947 bits per heavy atom. The van der Waals surface area contributed by atoms with E-state index in [1.807, 2.05) is 0 Å². The molecule has 0 nitrogen and oxygen atoms in total. The van der Waals surface area contributed by atoms with Crippen molar-refractivity contribution in [1.29, 1.82) is 0 Å². The molecule has 0 atom stereocenters. The number of hydrogen-bond acceptors (Lipinski definition) is 0. The first-order chi connectivity index (χ1) is 8.62. The average Bonchev–Trinajstić information content (AvgIpc) is 2.33. The van der Waals surface area contributed by atoms with Gasteiger partial charge in [-0.25, -0.2) is 0 Å². The molecule has 0 unspecified atom stereocenters. The molecule has 1 heteroatoms. The summed E-state index contributed by atoms with van der Waals surface area (Å²) in [5.41, 5.74) is 3.86. The highest BCUT2D eigenvalue weighted by Gasteiger charge is 2.37. The lowest BCUT2D eigenvalue weighted by molar-refractivity contribution is 0.214. The summed E-state index contributed by atoms with van der Waals surface area (Å²) in [7, 11) is 6.71. The van der Waals surface area contributed by atoms with Gasteiger partial charge in [0, 0.05) is 0 Å². The van der Waals surface area contributed by atoms with Crippen molar-refractivity contribution in [3.05, 3.63) is 23.3 Å². The lowest BCUT2D eigenvalue weighted by Crippen LogP contribution is -2.28. The lowest BCUT2D eigenvalue weighted by Gasteiger charge is -2.44. The fraction of sp³-hybridized carbons (Fsp3) is 0.778. The summed E-state index contributed by atoms with van der Waals surface area (Å²) in [6.07, 6.45) is 11.9. The van der Waals surface area contributed by atoms with Crippen molar-refractivity contribution in [2.45, 2.75) is 78.5 Å². The molecule has 0 aromatic carbocycles. The maximum absolute atomic E-state index is 6.71. The Balaban J connectivity index is 2.12. The van der Waals surface area contributed by atoms with Crippen molar-refractivity contribution in [3.63, 3.8) is 0 Å². The largest absolute Gasteiger partial charge is 0.0806 e. The summed E-state index contributed by atoms with van der Waals surface area (Å²) < 4.78 is 0. The second-order valence-electron chi connectivity index (χ2n) is 8.45. The van der Waals surface area contributed by atoms with Gasteiger partial charge in [0.25, 0.3) is 0 Å². The lowest BCUT2D eigenvalue weighted by atomic mass is 9.51. The molecule has 104 valence electrons. The van der Waals surface area contributed by atoms with Crippen LogP contribution in [0.4, 0.5) is 0 Å². The molecule has 0 bridgehead atoms. The molecular formula is C18H29B. The summed E-state index contributed by atoms with van der Waals surface area (Å²) in [6.45, 7) is 11.7. The molecule has 0 aromatic heterocycles. The van der Waals surface area contributed by atoms with Crippen LogP contribution < -0.4 is 0 Å². The van der Waals surface area contributed by atoms with Gasteiger partial charge in [0.05, 0.1) is 7.85 Å². The van der Waals surface area contributed by atoms with Gasteiger partial charge in [-0.05, 0) is 41.8 Å². The maximum atomic E-state index is 6.71. The summed E-state index contributed by atoms with van der Waals surface area (Å²) >= 11 is 0. The zero-order chi connectivity index (χ0) is 14.3. The maximum Gasteiger partial charge on any atom is 0.0806 e. The quantitative estimate of drug-likeness (QED) is 0.535. The van der Waals surface area contributed by atoms with Gasteiger partial charge in [0.2, 0.25) is 0 Å². The Labute approximate surface area is 121 Å². The van der Waals surface area contributed by atoms with E-state index in [9.17, 15) is 0 Å². The van der Waals surface area contributed by atoms with E-state index in [1.165, 1.54) is 31.3 Å². The second-order valence-corrected chi connectivity index (χ2v) is 8.45. The number of allylic oxidation sites excluding steroid dienone is 4. The molecule has 0 aromatic rings. The molecular weight excluding hydrogens is 227 g/mol. The third kappa shape index (κ3) is 3.36. The summed E-state index contributed by atoms with van der Waals surface area (Å²) in [4.78, 5) is 0. The monoisotopic (exact) mass is 256 g/mol. The van der Waals surface area contributed by atoms with Crippen LogP contribution in [0.3, 0.4) is 0 Å². The van der Waals surface area contributed by atoms with E-state index < -0.39 is 0 Å². The van der Waals surface area contributed by atoms with Gasteiger partial charge in [-0.15, -0.1) is 0 Å². The van der Waals surface area contributed by atoms with Crippen molar-refractivity contribution >= 4 is 7.85 Å². The molecule has 0 aliphatic heterocycles. The molecule has 0 spiro atoms. The minimum Gasteiger partial charge on any atom is -0.0724 e. The Morgan fingerprint density at radius 2 is 1.53 bits per heavy atom. The Bertz CT molecular complexity index is 394. The molecule has 0 N–H and O–H groups in total. The average molecular weight is 256 g/mol. The van der Waals surface area contributed by atoms with Crippen LogP contribution in [0.2, 0.25) is 5.31 Å². The van der Waals surface area contributed by atoms with Crippen molar-refractivity contribution in [2.75, 3.05) is 0 Å². The minimum atomic E-state index is -0.0184. The van der Waals surface area contributed by atoms with Gasteiger partial charge in [0.1, 0.15) is 0 Å². The summed E-state index contributed by atoms with van der Waals surface area (Å²) in [6, 6.07) is 0. The van der Waals surface area contributed by atoms with Crippen LogP contribution in [0.25, 0.3) is 0 Å². The summed E-state index contributed by atoms with van der Waals surface area (Å²) in [5, 5.41) is -0.0184. The molecule has 2 rings (SSSR count). The van der Waals surface area contributed by atoms with Crippen molar-refractivity contribution in [2.24, 2.45) is 10.8 Å². The van der Waals surface area contributed by atoms with E-state index >= 15 is 0 Å².